The van der Waals surface area contributed by atoms with Gasteiger partial charge in [0, 0.05) is 13.1 Å². The number of hydrogen-bond acceptors (Lipinski definition) is 2. The molecule has 0 N–H and O–H groups in total. The van der Waals surface area contributed by atoms with Gasteiger partial charge in [-0.05, 0) is 36.5 Å². The Labute approximate surface area is 112 Å². The van der Waals surface area contributed by atoms with Crippen LogP contribution in [-0.4, -0.2) is 25.8 Å². The van der Waals surface area contributed by atoms with Crippen molar-refractivity contribution in [3.8, 4) is 0 Å². The van der Waals surface area contributed by atoms with Crippen molar-refractivity contribution in [2.45, 2.75) is 25.2 Å². The van der Waals surface area contributed by atoms with Crippen LogP contribution in [-0.2, 0) is 10.0 Å². The molecule has 1 fully saturated rings. The maximum absolute atomic E-state index is 13.2. The van der Waals surface area contributed by atoms with Gasteiger partial charge in [0.05, 0.1) is 4.90 Å². The normalized spacial score (nSPS) is 25.5. The zero-order chi connectivity index (χ0) is 14.2. The second-order valence-corrected chi connectivity index (χ2v) is 7.28. The summed E-state index contributed by atoms with van der Waals surface area (Å²) in [7, 11) is -3.74. The molecule has 0 saturated carbocycles. The number of halogens is 2. The topological polar surface area (TPSA) is 37.4 Å². The fourth-order valence-electron chi connectivity index (χ4n) is 2.59. The van der Waals surface area contributed by atoms with Crippen LogP contribution in [0.5, 0.6) is 0 Å². The Morgan fingerprint density at radius 1 is 1.11 bits per heavy atom. The van der Waals surface area contributed by atoms with Gasteiger partial charge in [-0.3, -0.25) is 0 Å². The van der Waals surface area contributed by atoms with Crippen molar-refractivity contribution >= 4 is 10.0 Å². The van der Waals surface area contributed by atoms with Crippen LogP contribution >= 0.6 is 0 Å². The van der Waals surface area contributed by atoms with E-state index >= 15 is 0 Å². The highest BCUT2D eigenvalue weighted by Crippen LogP contribution is 2.27. The van der Waals surface area contributed by atoms with Gasteiger partial charge in [0.25, 0.3) is 0 Å². The molecule has 0 spiro atoms. The zero-order valence-corrected chi connectivity index (χ0v) is 11.8. The first kappa shape index (κ1) is 14.4. The van der Waals surface area contributed by atoms with Crippen LogP contribution in [0.2, 0.25) is 0 Å². The number of hydrogen-bond donors (Lipinski definition) is 0. The minimum Gasteiger partial charge on any atom is -0.207 e. The molecule has 6 heteroatoms. The van der Waals surface area contributed by atoms with E-state index in [4.69, 9.17) is 0 Å². The predicted molar refractivity (Wildman–Crippen MR) is 68.1 cm³/mol. The largest absolute Gasteiger partial charge is 0.243 e. The molecule has 2 atom stereocenters. The first-order valence-electron chi connectivity index (χ1n) is 6.26. The summed E-state index contributed by atoms with van der Waals surface area (Å²) in [5.74, 6) is -1.65. The number of rotatable bonds is 2. The molecule has 1 aromatic carbocycles. The van der Waals surface area contributed by atoms with Crippen LogP contribution in [0.15, 0.2) is 23.1 Å². The van der Waals surface area contributed by atoms with E-state index in [1.54, 1.807) is 0 Å². The standard InChI is InChI=1S/C13H17F2NO2S/c1-9-5-10(2)8-16(7-9)19(17,18)11-3-4-12(14)13(15)6-11/h3-4,6,9-10H,5,7-8H2,1-2H3/t9-,10-/m0/s1. The second-order valence-electron chi connectivity index (χ2n) is 5.34. The molecule has 1 aromatic rings. The van der Waals surface area contributed by atoms with Crippen molar-refractivity contribution in [1.29, 1.82) is 0 Å². The van der Waals surface area contributed by atoms with E-state index in [9.17, 15) is 17.2 Å². The molecule has 1 aliphatic heterocycles. The molecule has 1 saturated heterocycles. The Bertz CT molecular complexity index is 564. The Balaban J connectivity index is 2.33. The van der Waals surface area contributed by atoms with E-state index in [0.29, 0.717) is 13.1 Å². The third-order valence-electron chi connectivity index (χ3n) is 3.36. The molecule has 19 heavy (non-hydrogen) atoms. The highest BCUT2D eigenvalue weighted by molar-refractivity contribution is 7.89. The summed E-state index contributed by atoms with van der Waals surface area (Å²) in [4.78, 5) is -0.187. The summed E-state index contributed by atoms with van der Waals surface area (Å²) in [5.41, 5.74) is 0. The van der Waals surface area contributed by atoms with Gasteiger partial charge < -0.3 is 0 Å². The lowest BCUT2D eigenvalue weighted by atomic mass is 9.94. The predicted octanol–water partition coefficient (Wildman–Crippen LogP) is 2.63. The highest BCUT2D eigenvalue weighted by Gasteiger charge is 2.32. The van der Waals surface area contributed by atoms with Crippen LogP contribution < -0.4 is 0 Å². The summed E-state index contributed by atoms with van der Waals surface area (Å²) in [6.45, 7) is 4.82. The molecule has 0 radical (unpaired) electrons. The molecule has 0 aliphatic carbocycles. The van der Waals surface area contributed by atoms with E-state index in [1.165, 1.54) is 4.31 Å². The third kappa shape index (κ3) is 2.95. The summed E-state index contributed by atoms with van der Waals surface area (Å²) in [6, 6.07) is 2.70. The van der Waals surface area contributed by atoms with Gasteiger partial charge in [-0.1, -0.05) is 13.8 Å². The summed E-state index contributed by atoms with van der Waals surface area (Å²) in [5, 5.41) is 0. The Hall–Kier alpha value is -1.01. The van der Waals surface area contributed by atoms with E-state index in [0.717, 1.165) is 24.6 Å². The van der Waals surface area contributed by atoms with Gasteiger partial charge in [-0.15, -0.1) is 0 Å². The van der Waals surface area contributed by atoms with Gasteiger partial charge in [0.2, 0.25) is 10.0 Å². The van der Waals surface area contributed by atoms with Gasteiger partial charge in [-0.2, -0.15) is 4.31 Å². The van der Waals surface area contributed by atoms with E-state index < -0.39 is 21.7 Å². The Morgan fingerprint density at radius 3 is 2.21 bits per heavy atom. The van der Waals surface area contributed by atoms with Crippen LogP contribution in [0.3, 0.4) is 0 Å². The smallest absolute Gasteiger partial charge is 0.207 e. The molecule has 106 valence electrons. The van der Waals surface area contributed by atoms with Gasteiger partial charge >= 0.3 is 0 Å². The maximum Gasteiger partial charge on any atom is 0.243 e. The fraction of sp³-hybridized carbons (Fsp3) is 0.538. The molecule has 2 rings (SSSR count). The van der Waals surface area contributed by atoms with Gasteiger partial charge in [0.1, 0.15) is 0 Å². The van der Waals surface area contributed by atoms with Crippen LogP contribution in [0.4, 0.5) is 8.78 Å². The molecule has 0 bridgehead atoms. The minimum atomic E-state index is -3.74. The van der Waals surface area contributed by atoms with Crippen molar-refractivity contribution in [1.82, 2.24) is 4.31 Å². The lowest BCUT2D eigenvalue weighted by Gasteiger charge is -2.34. The Morgan fingerprint density at radius 2 is 1.68 bits per heavy atom. The van der Waals surface area contributed by atoms with Gasteiger partial charge in [0.15, 0.2) is 11.6 Å². The average Bonchev–Trinajstić information content (AvgIpc) is 2.31. The highest BCUT2D eigenvalue weighted by atomic mass is 32.2. The SMILES string of the molecule is C[C@H]1C[C@H](C)CN(S(=O)(=O)c2ccc(F)c(F)c2)C1. The van der Waals surface area contributed by atoms with Crippen LogP contribution in [0.25, 0.3) is 0 Å². The lowest BCUT2D eigenvalue weighted by molar-refractivity contribution is 0.222. The van der Waals surface area contributed by atoms with Crippen molar-refractivity contribution in [3.63, 3.8) is 0 Å². The maximum atomic E-state index is 13.2. The number of sulfonamides is 1. The van der Waals surface area contributed by atoms with E-state index in [2.05, 4.69) is 0 Å². The molecule has 0 unspecified atom stereocenters. The molecule has 0 amide bonds. The molecule has 0 aromatic heterocycles. The molecule has 1 heterocycles. The molecular formula is C13H17F2NO2S. The first-order chi connectivity index (χ1) is 8.80. The van der Waals surface area contributed by atoms with Gasteiger partial charge in [-0.25, -0.2) is 17.2 Å². The number of piperidine rings is 1. The number of benzene rings is 1. The van der Waals surface area contributed by atoms with E-state index in [1.807, 2.05) is 13.8 Å². The summed E-state index contributed by atoms with van der Waals surface area (Å²) < 4.78 is 52.2. The third-order valence-corrected chi connectivity index (χ3v) is 5.19. The quantitative estimate of drug-likeness (QED) is 0.839. The van der Waals surface area contributed by atoms with Crippen LogP contribution in [0, 0.1) is 23.5 Å². The monoisotopic (exact) mass is 289 g/mol. The zero-order valence-electron chi connectivity index (χ0n) is 10.9. The van der Waals surface area contributed by atoms with Crippen LogP contribution in [0.1, 0.15) is 20.3 Å². The fourth-order valence-corrected chi connectivity index (χ4v) is 4.28. The summed E-state index contributed by atoms with van der Waals surface area (Å²) >= 11 is 0. The van der Waals surface area contributed by atoms with Crippen molar-refractivity contribution < 1.29 is 17.2 Å². The number of nitrogens with zero attached hydrogens (tertiary/aromatic N) is 1. The minimum absolute atomic E-state index is 0.187. The van der Waals surface area contributed by atoms with Crippen molar-refractivity contribution in [3.05, 3.63) is 29.8 Å². The first-order valence-corrected chi connectivity index (χ1v) is 7.70. The second kappa shape index (κ2) is 5.17. The van der Waals surface area contributed by atoms with Crippen molar-refractivity contribution in [2.24, 2.45) is 11.8 Å². The van der Waals surface area contributed by atoms with Crippen molar-refractivity contribution in [2.75, 3.05) is 13.1 Å². The summed E-state index contributed by atoms with van der Waals surface area (Å²) in [6.07, 6.45) is 0.976. The van der Waals surface area contributed by atoms with E-state index in [-0.39, 0.29) is 16.7 Å². The Kier molecular flexibility index (Phi) is 3.92. The molecule has 3 nitrogen and oxygen atoms in total. The molecular weight excluding hydrogens is 272 g/mol. The lowest BCUT2D eigenvalue weighted by Crippen LogP contribution is -2.42. The average molecular weight is 289 g/mol. The molecule has 1 aliphatic rings.